The molecule has 0 radical (unpaired) electrons. The lowest BCUT2D eigenvalue weighted by Crippen LogP contribution is -2.01. The monoisotopic (exact) mass is 167 g/mol. The maximum absolute atomic E-state index is 5.43. The van der Waals surface area contributed by atoms with Gasteiger partial charge in [-0.25, -0.2) is 4.98 Å². The molecule has 1 aromatic heterocycles. The van der Waals surface area contributed by atoms with Crippen LogP contribution in [0.1, 0.15) is 30.6 Å². The molecular weight excluding hydrogens is 150 g/mol. The van der Waals surface area contributed by atoms with Crippen molar-refractivity contribution >= 4 is 0 Å². The molecule has 0 atom stereocenters. The van der Waals surface area contributed by atoms with Crippen LogP contribution in [0, 0.1) is 6.92 Å². The normalized spacial score (nSPS) is 10.6. The Morgan fingerprint density at radius 1 is 1.50 bits per heavy atom. The number of nitrogens with two attached hydrogens (primary N) is 1. The number of aromatic amines is 1. The minimum absolute atomic E-state index is 0.744. The Bertz CT molecular complexity index is 240. The van der Waals surface area contributed by atoms with Crippen LogP contribution >= 0.6 is 0 Å². The highest BCUT2D eigenvalue weighted by molar-refractivity contribution is 5.13. The summed E-state index contributed by atoms with van der Waals surface area (Å²) >= 11 is 0. The Morgan fingerprint density at radius 2 is 2.25 bits per heavy atom. The number of nitrogens with zero attached hydrogens (tertiary/aromatic N) is 1. The maximum atomic E-state index is 5.43. The number of H-pyrrole nitrogens is 1. The first-order chi connectivity index (χ1) is 5.77. The number of rotatable bonds is 4. The quantitative estimate of drug-likeness (QED) is 0.707. The lowest BCUT2D eigenvalue weighted by atomic mass is 10.2. The zero-order chi connectivity index (χ0) is 8.97. The molecule has 0 bridgehead atoms. The first-order valence-electron chi connectivity index (χ1n) is 4.52. The van der Waals surface area contributed by atoms with Crippen molar-refractivity contribution in [1.82, 2.24) is 9.97 Å². The van der Waals surface area contributed by atoms with Crippen LogP contribution in [0.4, 0.5) is 0 Å². The van der Waals surface area contributed by atoms with E-state index in [0.717, 1.165) is 31.6 Å². The predicted octanol–water partition coefficient (Wildman–Crippen LogP) is 1.17. The minimum atomic E-state index is 0.744. The number of nitrogens with one attached hydrogen (secondary N) is 1. The highest BCUT2D eigenvalue weighted by atomic mass is 14.9. The zero-order valence-corrected chi connectivity index (χ0v) is 7.85. The molecule has 0 saturated heterocycles. The van der Waals surface area contributed by atoms with Crippen molar-refractivity contribution in [3.63, 3.8) is 0 Å². The second-order valence-corrected chi connectivity index (χ2v) is 3.00. The van der Waals surface area contributed by atoms with Gasteiger partial charge < -0.3 is 10.7 Å². The smallest absolute Gasteiger partial charge is 0.106 e. The number of aryl methyl sites for hydroxylation is 3. The van der Waals surface area contributed by atoms with E-state index in [9.17, 15) is 0 Å². The largest absolute Gasteiger partial charge is 0.346 e. The van der Waals surface area contributed by atoms with Gasteiger partial charge in [0.2, 0.25) is 0 Å². The average molecular weight is 167 g/mol. The van der Waals surface area contributed by atoms with Gasteiger partial charge in [-0.05, 0) is 26.3 Å². The molecule has 0 aliphatic heterocycles. The number of aromatic nitrogens is 2. The maximum Gasteiger partial charge on any atom is 0.106 e. The summed E-state index contributed by atoms with van der Waals surface area (Å²) in [7, 11) is 0. The number of hydrogen-bond acceptors (Lipinski definition) is 2. The number of hydrogen-bond donors (Lipinski definition) is 2. The van der Waals surface area contributed by atoms with Gasteiger partial charge in [-0.2, -0.15) is 0 Å². The Balaban J connectivity index is 2.64. The van der Waals surface area contributed by atoms with Crippen LogP contribution in [-0.2, 0) is 12.8 Å². The van der Waals surface area contributed by atoms with Gasteiger partial charge >= 0.3 is 0 Å². The Hall–Kier alpha value is -0.830. The fourth-order valence-electron chi connectivity index (χ4n) is 1.24. The second kappa shape index (κ2) is 4.26. The average Bonchev–Trinajstić information content (AvgIpc) is 2.43. The molecule has 0 aliphatic rings. The molecule has 0 aliphatic carbocycles. The van der Waals surface area contributed by atoms with Gasteiger partial charge in [0.15, 0.2) is 0 Å². The van der Waals surface area contributed by atoms with Gasteiger partial charge in [0, 0.05) is 12.1 Å². The highest BCUT2D eigenvalue weighted by Crippen LogP contribution is 2.07. The van der Waals surface area contributed by atoms with Gasteiger partial charge in [-0.1, -0.05) is 6.92 Å². The lowest BCUT2D eigenvalue weighted by Gasteiger charge is -1.94. The first-order valence-corrected chi connectivity index (χ1v) is 4.52. The second-order valence-electron chi connectivity index (χ2n) is 3.00. The fraction of sp³-hybridized carbons (Fsp3) is 0.667. The van der Waals surface area contributed by atoms with Crippen molar-refractivity contribution in [3.05, 3.63) is 17.2 Å². The van der Waals surface area contributed by atoms with Crippen molar-refractivity contribution in [1.29, 1.82) is 0 Å². The van der Waals surface area contributed by atoms with Gasteiger partial charge in [0.25, 0.3) is 0 Å². The molecule has 3 nitrogen and oxygen atoms in total. The minimum Gasteiger partial charge on any atom is -0.346 e. The molecule has 12 heavy (non-hydrogen) atoms. The third kappa shape index (κ3) is 2.08. The van der Waals surface area contributed by atoms with Crippen LogP contribution in [0.15, 0.2) is 0 Å². The summed E-state index contributed by atoms with van der Waals surface area (Å²) in [6.07, 6.45) is 3.00. The van der Waals surface area contributed by atoms with E-state index in [0.29, 0.717) is 0 Å². The van der Waals surface area contributed by atoms with Gasteiger partial charge in [-0.3, -0.25) is 0 Å². The molecule has 0 saturated carbocycles. The summed E-state index contributed by atoms with van der Waals surface area (Å²) in [4.78, 5) is 7.71. The molecule has 1 rings (SSSR count). The first kappa shape index (κ1) is 9.26. The van der Waals surface area contributed by atoms with Crippen LogP contribution in [0.25, 0.3) is 0 Å². The number of imidazole rings is 1. The van der Waals surface area contributed by atoms with E-state index in [1.165, 1.54) is 11.4 Å². The van der Waals surface area contributed by atoms with Crippen molar-refractivity contribution in [2.24, 2.45) is 5.73 Å². The van der Waals surface area contributed by atoms with E-state index in [4.69, 9.17) is 5.73 Å². The van der Waals surface area contributed by atoms with Gasteiger partial charge in [0.05, 0.1) is 5.69 Å². The summed E-state index contributed by atoms with van der Waals surface area (Å²) in [5, 5.41) is 0. The van der Waals surface area contributed by atoms with Crippen LogP contribution in [0.3, 0.4) is 0 Å². The third-order valence-electron chi connectivity index (χ3n) is 1.99. The predicted molar refractivity (Wildman–Crippen MR) is 50.1 cm³/mol. The highest BCUT2D eigenvalue weighted by Gasteiger charge is 2.03. The van der Waals surface area contributed by atoms with Crippen molar-refractivity contribution in [2.75, 3.05) is 6.54 Å². The molecule has 68 valence electrons. The van der Waals surface area contributed by atoms with Crippen LogP contribution < -0.4 is 5.73 Å². The topological polar surface area (TPSA) is 54.7 Å². The van der Waals surface area contributed by atoms with Crippen molar-refractivity contribution < 1.29 is 0 Å². The van der Waals surface area contributed by atoms with Crippen LogP contribution in [-0.4, -0.2) is 16.5 Å². The van der Waals surface area contributed by atoms with E-state index >= 15 is 0 Å². The molecule has 0 aromatic carbocycles. The molecule has 3 N–H and O–H groups in total. The van der Waals surface area contributed by atoms with E-state index in [1.54, 1.807) is 0 Å². The van der Waals surface area contributed by atoms with Crippen molar-refractivity contribution in [3.8, 4) is 0 Å². The molecule has 0 fully saturated rings. The molecule has 3 heteroatoms. The van der Waals surface area contributed by atoms with Crippen LogP contribution in [0.2, 0.25) is 0 Å². The zero-order valence-electron chi connectivity index (χ0n) is 7.85. The fourth-order valence-corrected chi connectivity index (χ4v) is 1.24. The molecule has 0 amide bonds. The Labute approximate surface area is 73.4 Å². The lowest BCUT2D eigenvalue weighted by molar-refractivity contribution is 0.806. The Kier molecular flexibility index (Phi) is 3.29. The summed E-state index contributed by atoms with van der Waals surface area (Å²) < 4.78 is 0. The van der Waals surface area contributed by atoms with E-state index in [-0.39, 0.29) is 0 Å². The van der Waals surface area contributed by atoms with Gasteiger partial charge in [0.1, 0.15) is 5.82 Å². The van der Waals surface area contributed by atoms with E-state index < -0.39 is 0 Å². The summed E-state index contributed by atoms with van der Waals surface area (Å²) in [6, 6.07) is 0. The summed E-state index contributed by atoms with van der Waals surface area (Å²) in [5.74, 6) is 1.08. The van der Waals surface area contributed by atoms with Gasteiger partial charge in [-0.15, -0.1) is 0 Å². The van der Waals surface area contributed by atoms with Crippen molar-refractivity contribution in [2.45, 2.75) is 33.1 Å². The van der Waals surface area contributed by atoms with E-state index in [2.05, 4.69) is 23.8 Å². The standard InChI is InChI=1S/C9H17N3/c1-3-9-11-7(2)8(12-9)5-4-6-10/h3-6,10H2,1-2H3,(H,11,12). The third-order valence-corrected chi connectivity index (χ3v) is 1.99. The molecule has 0 spiro atoms. The molecular formula is C9H17N3. The van der Waals surface area contributed by atoms with Crippen LogP contribution in [0.5, 0.6) is 0 Å². The summed E-state index contributed by atoms with van der Waals surface area (Å²) in [5.41, 5.74) is 7.80. The van der Waals surface area contributed by atoms with E-state index in [1.807, 2.05) is 0 Å². The SMILES string of the molecule is CCc1nc(CCCN)c(C)[nH]1. The molecule has 1 heterocycles. The summed E-state index contributed by atoms with van der Waals surface area (Å²) in [6.45, 7) is 4.91. The molecule has 0 unspecified atom stereocenters. The molecule has 1 aromatic rings. The Morgan fingerprint density at radius 3 is 2.75 bits per heavy atom.